The largest absolute Gasteiger partial charge is 0.493 e. The fourth-order valence-corrected chi connectivity index (χ4v) is 1.92. The molecule has 1 unspecified atom stereocenters. The van der Waals surface area contributed by atoms with Gasteiger partial charge in [0.1, 0.15) is 5.75 Å². The Labute approximate surface area is 118 Å². The van der Waals surface area contributed by atoms with Gasteiger partial charge < -0.3 is 4.74 Å². The summed E-state index contributed by atoms with van der Waals surface area (Å²) in [6.07, 6.45) is 1.05. The highest BCUT2D eigenvalue weighted by molar-refractivity contribution is 5.40. The van der Waals surface area contributed by atoms with Crippen LogP contribution in [0.3, 0.4) is 0 Å². The third-order valence-corrected chi connectivity index (χ3v) is 3.06. The molecule has 4 heteroatoms. The van der Waals surface area contributed by atoms with Crippen LogP contribution < -0.4 is 4.74 Å². The first-order valence-electron chi connectivity index (χ1n) is 6.85. The standard InChI is InChI=1S/C16H21F3O/c1-4-6-7-12(3)14-11-13(16(17,18)19)8-9-15(14)20-10-5-2/h4,6,8-9,11-12H,5,7,10H2,1-3H3/b6-4-. The third kappa shape index (κ3) is 4.58. The minimum absolute atomic E-state index is 0.0136. The molecule has 0 aromatic heterocycles. The summed E-state index contributed by atoms with van der Waals surface area (Å²) >= 11 is 0. The number of alkyl halides is 3. The van der Waals surface area contributed by atoms with Crippen molar-refractivity contribution in [3.63, 3.8) is 0 Å². The SMILES string of the molecule is C/C=C\CC(C)c1cc(C(F)(F)F)ccc1OCCC. The van der Waals surface area contributed by atoms with E-state index in [1.165, 1.54) is 12.1 Å². The summed E-state index contributed by atoms with van der Waals surface area (Å²) < 4.78 is 44.0. The molecule has 1 aromatic rings. The zero-order valence-electron chi connectivity index (χ0n) is 12.1. The van der Waals surface area contributed by atoms with E-state index in [9.17, 15) is 13.2 Å². The van der Waals surface area contributed by atoms with E-state index in [1.54, 1.807) is 0 Å². The maximum Gasteiger partial charge on any atom is 0.416 e. The second-order valence-corrected chi connectivity index (χ2v) is 4.80. The number of halogens is 3. The average Bonchev–Trinajstić information content (AvgIpc) is 2.41. The highest BCUT2D eigenvalue weighted by Crippen LogP contribution is 2.36. The Balaban J connectivity index is 3.11. The van der Waals surface area contributed by atoms with Gasteiger partial charge in [0, 0.05) is 0 Å². The molecule has 1 rings (SSSR count). The molecule has 0 heterocycles. The van der Waals surface area contributed by atoms with Crippen LogP contribution in [0.15, 0.2) is 30.4 Å². The van der Waals surface area contributed by atoms with E-state index in [-0.39, 0.29) is 5.92 Å². The maximum absolute atomic E-state index is 12.8. The lowest BCUT2D eigenvalue weighted by atomic mass is 9.94. The maximum atomic E-state index is 12.8. The summed E-state index contributed by atoms with van der Waals surface area (Å²) in [5.41, 5.74) is -0.00458. The van der Waals surface area contributed by atoms with Gasteiger partial charge in [-0.05, 0) is 49.4 Å². The molecule has 0 radical (unpaired) electrons. The predicted molar refractivity (Wildman–Crippen MR) is 75.1 cm³/mol. The van der Waals surface area contributed by atoms with Gasteiger partial charge in [0.05, 0.1) is 12.2 Å². The van der Waals surface area contributed by atoms with Crippen LogP contribution in [0.2, 0.25) is 0 Å². The lowest BCUT2D eigenvalue weighted by Crippen LogP contribution is -2.08. The van der Waals surface area contributed by atoms with E-state index in [1.807, 2.05) is 32.9 Å². The van der Waals surface area contributed by atoms with Crippen molar-refractivity contribution in [1.82, 2.24) is 0 Å². The second kappa shape index (κ2) is 7.36. The summed E-state index contributed by atoms with van der Waals surface area (Å²) in [4.78, 5) is 0. The van der Waals surface area contributed by atoms with Crippen molar-refractivity contribution in [2.75, 3.05) is 6.61 Å². The molecule has 0 N–H and O–H groups in total. The molecule has 1 atom stereocenters. The highest BCUT2D eigenvalue weighted by Gasteiger charge is 2.31. The van der Waals surface area contributed by atoms with E-state index in [0.717, 1.165) is 12.5 Å². The molecule has 0 bridgehead atoms. The van der Waals surface area contributed by atoms with Crippen molar-refractivity contribution >= 4 is 0 Å². The number of benzene rings is 1. The normalized spacial score (nSPS) is 13.7. The van der Waals surface area contributed by atoms with Crippen LogP contribution >= 0.6 is 0 Å². The van der Waals surface area contributed by atoms with Crippen molar-refractivity contribution in [3.05, 3.63) is 41.5 Å². The van der Waals surface area contributed by atoms with Gasteiger partial charge in [-0.25, -0.2) is 0 Å². The second-order valence-electron chi connectivity index (χ2n) is 4.80. The van der Waals surface area contributed by atoms with E-state index >= 15 is 0 Å². The molecule has 0 spiro atoms. The van der Waals surface area contributed by atoms with Crippen LogP contribution in [0, 0.1) is 0 Å². The van der Waals surface area contributed by atoms with Gasteiger partial charge in [0.25, 0.3) is 0 Å². The molecule has 0 aliphatic rings. The summed E-state index contributed by atoms with van der Waals surface area (Å²) in [7, 11) is 0. The fourth-order valence-electron chi connectivity index (χ4n) is 1.92. The molecule has 0 aliphatic carbocycles. The van der Waals surface area contributed by atoms with Crippen LogP contribution in [0.5, 0.6) is 5.75 Å². The van der Waals surface area contributed by atoms with E-state index in [4.69, 9.17) is 4.74 Å². The first-order chi connectivity index (χ1) is 9.40. The lowest BCUT2D eigenvalue weighted by molar-refractivity contribution is -0.137. The zero-order chi connectivity index (χ0) is 15.2. The minimum Gasteiger partial charge on any atom is -0.493 e. The average molecular weight is 286 g/mol. The van der Waals surface area contributed by atoms with Crippen molar-refractivity contribution in [2.24, 2.45) is 0 Å². The quantitative estimate of drug-likeness (QED) is 0.622. The minimum atomic E-state index is -4.32. The summed E-state index contributed by atoms with van der Waals surface area (Å²) in [6, 6.07) is 3.72. The summed E-state index contributed by atoms with van der Waals surface area (Å²) in [5, 5.41) is 0. The van der Waals surface area contributed by atoms with Crippen molar-refractivity contribution in [1.29, 1.82) is 0 Å². The van der Waals surface area contributed by atoms with Crippen LogP contribution in [0.1, 0.15) is 50.7 Å². The number of allylic oxidation sites excluding steroid dienone is 2. The molecule has 1 aromatic carbocycles. The van der Waals surface area contributed by atoms with E-state index < -0.39 is 11.7 Å². The molecule has 0 fully saturated rings. The van der Waals surface area contributed by atoms with Crippen molar-refractivity contribution in [3.8, 4) is 5.75 Å². The van der Waals surface area contributed by atoms with Gasteiger partial charge in [0.2, 0.25) is 0 Å². The monoisotopic (exact) mass is 286 g/mol. The van der Waals surface area contributed by atoms with Gasteiger partial charge >= 0.3 is 6.18 Å². The Morgan fingerprint density at radius 3 is 2.55 bits per heavy atom. The molecule has 0 saturated carbocycles. The first-order valence-corrected chi connectivity index (χ1v) is 6.85. The Morgan fingerprint density at radius 1 is 1.30 bits per heavy atom. The topological polar surface area (TPSA) is 9.23 Å². The Morgan fingerprint density at radius 2 is 2.00 bits per heavy atom. The Kier molecular flexibility index (Phi) is 6.11. The van der Waals surface area contributed by atoms with Crippen molar-refractivity contribution in [2.45, 2.75) is 45.7 Å². The first kappa shape index (κ1) is 16.6. The molecule has 20 heavy (non-hydrogen) atoms. The van der Waals surface area contributed by atoms with Gasteiger partial charge in [-0.3, -0.25) is 0 Å². The number of ether oxygens (including phenoxy) is 1. The van der Waals surface area contributed by atoms with Crippen molar-refractivity contribution < 1.29 is 17.9 Å². The molecule has 1 nitrogen and oxygen atoms in total. The lowest BCUT2D eigenvalue weighted by Gasteiger charge is -2.18. The molecule has 0 saturated heterocycles. The van der Waals surface area contributed by atoms with Gasteiger partial charge in [-0.1, -0.05) is 26.0 Å². The smallest absolute Gasteiger partial charge is 0.416 e. The summed E-state index contributed by atoms with van der Waals surface area (Å²) in [6.45, 7) is 6.28. The van der Waals surface area contributed by atoms with Crippen LogP contribution in [0.25, 0.3) is 0 Å². The molecular formula is C16H21F3O. The predicted octanol–water partition coefficient (Wildman–Crippen LogP) is 5.56. The van der Waals surface area contributed by atoms with Crippen LogP contribution in [-0.4, -0.2) is 6.61 Å². The molecular weight excluding hydrogens is 265 g/mol. The number of hydrogen-bond acceptors (Lipinski definition) is 1. The van der Waals surface area contributed by atoms with Gasteiger partial charge in [0.15, 0.2) is 0 Å². The van der Waals surface area contributed by atoms with E-state index in [0.29, 0.717) is 24.3 Å². The summed E-state index contributed by atoms with van der Waals surface area (Å²) in [5.74, 6) is 0.539. The third-order valence-electron chi connectivity index (χ3n) is 3.06. The van der Waals surface area contributed by atoms with E-state index in [2.05, 4.69) is 0 Å². The van der Waals surface area contributed by atoms with Crippen LogP contribution in [-0.2, 0) is 6.18 Å². The Bertz CT molecular complexity index is 450. The highest BCUT2D eigenvalue weighted by atomic mass is 19.4. The molecule has 0 aliphatic heterocycles. The van der Waals surface area contributed by atoms with Gasteiger partial charge in [-0.2, -0.15) is 13.2 Å². The molecule has 0 amide bonds. The Hall–Kier alpha value is -1.45. The molecule has 112 valence electrons. The number of rotatable bonds is 6. The number of hydrogen-bond donors (Lipinski definition) is 0. The fraction of sp³-hybridized carbons (Fsp3) is 0.500. The zero-order valence-corrected chi connectivity index (χ0v) is 12.1. The van der Waals surface area contributed by atoms with Crippen LogP contribution in [0.4, 0.5) is 13.2 Å². The van der Waals surface area contributed by atoms with Gasteiger partial charge in [-0.15, -0.1) is 0 Å².